The van der Waals surface area contributed by atoms with E-state index in [4.69, 9.17) is 0 Å². The summed E-state index contributed by atoms with van der Waals surface area (Å²) in [6.07, 6.45) is 9.69. The molecule has 0 bridgehead atoms. The van der Waals surface area contributed by atoms with E-state index in [2.05, 4.69) is 34.6 Å². The molecule has 5 nitrogen and oxygen atoms in total. The van der Waals surface area contributed by atoms with Crippen molar-refractivity contribution in [2.24, 2.45) is 58.2 Å². The zero-order valence-electron chi connectivity index (χ0n) is 23.0. The maximum Gasteiger partial charge on any atom is 0.307 e. The summed E-state index contributed by atoms with van der Waals surface area (Å²) in [5.41, 5.74) is -0.447. The zero-order valence-corrected chi connectivity index (χ0v) is 23.0. The van der Waals surface area contributed by atoms with Crippen LogP contribution in [0.15, 0.2) is 0 Å². The average Bonchev–Trinajstić information content (AvgIpc) is 3.12. The van der Waals surface area contributed by atoms with Crippen molar-refractivity contribution in [3.8, 4) is 0 Å². The van der Waals surface area contributed by atoms with E-state index >= 15 is 0 Å². The van der Waals surface area contributed by atoms with Gasteiger partial charge in [0.05, 0.1) is 12.3 Å². The lowest BCUT2D eigenvalue weighted by Gasteiger charge is -2.59. The predicted octanol–water partition coefficient (Wildman–Crippen LogP) is 7.08. The summed E-state index contributed by atoms with van der Waals surface area (Å²) >= 11 is 0. The first kappa shape index (κ1) is 28.2. The van der Waals surface area contributed by atoms with Crippen LogP contribution in [0.1, 0.15) is 112 Å². The maximum atomic E-state index is 13.6. The van der Waals surface area contributed by atoms with Gasteiger partial charge in [-0.2, -0.15) is 0 Å². The summed E-state index contributed by atoms with van der Waals surface area (Å²) < 4.78 is 0. The molecule has 2 N–H and O–H groups in total. The van der Waals surface area contributed by atoms with Crippen molar-refractivity contribution >= 4 is 17.7 Å². The van der Waals surface area contributed by atoms with E-state index in [1.54, 1.807) is 0 Å². The monoisotopic (exact) mass is 490 g/mol. The number of carbonyl (C=O) groups is 3. The number of rotatable bonds is 11. The van der Waals surface area contributed by atoms with E-state index < -0.39 is 29.7 Å². The Morgan fingerprint density at radius 2 is 1.71 bits per heavy atom. The van der Waals surface area contributed by atoms with Gasteiger partial charge in [-0.25, -0.2) is 0 Å². The van der Waals surface area contributed by atoms with Crippen molar-refractivity contribution in [1.29, 1.82) is 0 Å². The van der Waals surface area contributed by atoms with E-state index in [-0.39, 0.29) is 18.1 Å². The van der Waals surface area contributed by atoms with Gasteiger partial charge in [0.2, 0.25) is 0 Å². The number of carboxylic acids is 2. The summed E-state index contributed by atoms with van der Waals surface area (Å²) in [6.45, 7) is 13.8. The Balaban J connectivity index is 1.86. The lowest BCUT2D eigenvalue weighted by molar-refractivity contribution is -0.161. The third-order valence-electron chi connectivity index (χ3n) is 10.9. The van der Waals surface area contributed by atoms with Gasteiger partial charge in [-0.05, 0) is 78.9 Å². The van der Waals surface area contributed by atoms with Crippen LogP contribution in [0, 0.1) is 58.2 Å². The minimum Gasteiger partial charge on any atom is -0.481 e. The Morgan fingerprint density at radius 1 is 1.03 bits per heavy atom. The van der Waals surface area contributed by atoms with Gasteiger partial charge in [0, 0.05) is 11.8 Å². The first-order valence-corrected chi connectivity index (χ1v) is 14.3. The fourth-order valence-electron chi connectivity index (χ4n) is 9.09. The third-order valence-corrected chi connectivity index (χ3v) is 10.9. The highest BCUT2D eigenvalue weighted by Crippen LogP contribution is 2.67. The minimum absolute atomic E-state index is 0.156. The van der Waals surface area contributed by atoms with Crippen LogP contribution in [-0.4, -0.2) is 27.9 Å². The Morgan fingerprint density at radius 3 is 2.29 bits per heavy atom. The molecule has 9 atom stereocenters. The molecule has 3 fully saturated rings. The van der Waals surface area contributed by atoms with E-state index in [9.17, 15) is 24.6 Å². The van der Waals surface area contributed by atoms with Gasteiger partial charge in [0.15, 0.2) is 0 Å². The van der Waals surface area contributed by atoms with Crippen molar-refractivity contribution in [2.75, 3.05) is 0 Å². The van der Waals surface area contributed by atoms with Gasteiger partial charge >= 0.3 is 11.9 Å². The van der Waals surface area contributed by atoms with E-state index in [0.29, 0.717) is 35.5 Å². The fourth-order valence-corrected chi connectivity index (χ4v) is 9.09. The quantitative estimate of drug-likeness (QED) is 0.323. The highest BCUT2D eigenvalue weighted by molar-refractivity contribution is 5.87. The smallest absolute Gasteiger partial charge is 0.307 e. The van der Waals surface area contributed by atoms with Gasteiger partial charge in [0.25, 0.3) is 0 Å². The first-order chi connectivity index (χ1) is 16.3. The van der Waals surface area contributed by atoms with Crippen LogP contribution < -0.4 is 0 Å². The summed E-state index contributed by atoms with van der Waals surface area (Å²) in [5, 5.41) is 19.1. The van der Waals surface area contributed by atoms with Crippen LogP contribution in [0.3, 0.4) is 0 Å². The molecule has 0 radical (unpaired) electrons. The molecule has 0 aliphatic heterocycles. The second-order valence-electron chi connectivity index (χ2n) is 13.4. The minimum atomic E-state index is -1.10. The van der Waals surface area contributed by atoms with Crippen molar-refractivity contribution in [3.05, 3.63) is 0 Å². The number of ketones is 1. The Hall–Kier alpha value is -1.39. The van der Waals surface area contributed by atoms with Gasteiger partial charge < -0.3 is 10.2 Å². The van der Waals surface area contributed by atoms with Crippen molar-refractivity contribution in [3.63, 3.8) is 0 Å². The number of carbonyl (C=O) groups excluding carboxylic acids is 1. The third kappa shape index (κ3) is 5.49. The second kappa shape index (κ2) is 10.9. The van der Waals surface area contributed by atoms with E-state index in [0.717, 1.165) is 31.1 Å². The molecule has 200 valence electrons. The zero-order chi connectivity index (χ0) is 26.1. The SMILES string of the molecule is CC[C@H]1CC(=O)[C@](C)(C[C@@H](CC(=O)O)C(=O)O)[C@H]2CC[C@]3(C)[C@@H]([C@H](C)CCCC(C)C)CC[C@H]3[C@H]12. The number of aliphatic carboxylic acids is 2. The van der Waals surface area contributed by atoms with Gasteiger partial charge in [-0.3, -0.25) is 14.4 Å². The predicted molar refractivity (Wildman–Crippen MR) is 138 cm³/mol. The van der Waals surface area contributed by atoms with E-state index in [1.807, 2.05) is 6.92 Å². The fraction of sp³-hybridized carbons (Fsp3) is 0.900. The number of carboxylic acid groups (broad SMARTS) is 2. The normalized spacial score (nSPS) is 38.6. The van der Waals surface area contributed by atoms with Crippen LogP contribution in [-0.2, 0) is 14.4 Å². The van der Waals surface area contributed by atoms with Gasteiger partial charge in [0.1, 0.15) is 5.78 Å². The molecular formula is C30H50O5. The Kier molecular flexibility index (Phi) is 8.80. The molecule has 0 unspecified atom stereocenters. The molecule has 0 aromatic heterocycles. The lowest BCUT2D eigenvalue weighted by atomic mass is 9.45. The molecule has 0 aromatic rings. The molecule has 3 aliphatic carbocycles. The van der Waals surface area contributed by atoms with Gasteiger partial charge in [-0.15, -0.1) is 0 Å². The van der Waals surface area contributed by atoms with Gasteiger partial charge in [-0.1, -0.05) is 67.2 Å². The molecule has 5 heteroatoms. The topological polar surface area (TPSA) is 91.7 Å². The lowest BCUT2D eigenvalue weighted by Crippen LogP contribution is -2.56. The molecule has 3 aliphatic rings. The number of Topliss-reactive ketones (excluding diaryl/α,β-unsaturated/α-hetero) is 1. The molecule has 3 rings (SSSR count). The summed E-state index contributed by atoms with van der Waals surface area (Å²) in [7, 11) is 0. The van der Waals surface area contributed by atoms with Crippen molar-refractivity contribution in [2.45, 2.75) is 112 Å². The highest BCUT2D eigenvalue weighted by atomic mass is 16.4. The second-order valence-corrected chi connectivity index (χ2v) is 13.4. The average molecular weight is 491 g/mol. The van der Waals surface area contributed by atoms with Crippen molar-refractivity contribution < 1.29 is 24.6 Å². The Bertz CT molecular complexity index is 790. The summed E-state index contributed by atoms with van der Waals surface area (Å²) in [6, 6.07) is 0. The molecule has 0 aromatic carbocycles. The molecule has 3 saturated carbocycles. The molecule has 0 heterocycles. The number of fused-ring (bicyclic) bond motifs is 3. The number of hydrogen-bond acceptors (Lipinski definition) is 3. The standard InChI is InChI=1S/C30H50O5/c1-7-20-15-25(31)30(6,17-21(28(34)35)16-26(32)33)24-13-14-29(5)22(11-12-23(29)27(20)24)19(4)10-8-9-18(2)3/h18-24,27H,7-17H2,1-6H3,(H,32,33)(H,34,35)/t19-,20+,21-,22-,23+,24+,27+,29-,30-/m1/s1. The molecule has 35 heavy (non-hydrogen) atoms. The van der Waals surface area contributed by atoms with Crippen LogP contribution in [0.25, 0.3) is 0 Å². The largest absolute Gasteiger partial charge is 0.481 e. The number of hydrogen-bond donors (Lipinski definition) is 2. The molecule has 0 amide bonds. The van der Waals surface area contributed by atoms with Crippen LogP contribution in [0.4, 0.5) is 0 Å². The van der Waals surface area contributed by atoms with Crippen LogP contribution in [0.2, 0.25) is 0 Å². The summed E-state index contributed by atoms with van der Waals surface area (Å²) in [5.74, 6) is 0.704. The van der Waals surface area contributed by atoms with E-state index in [1.165, 1.54) is 32.1 Å². The van der Waals surface area contributed by atoms with Crippen molar-refractivity contribution in [1.82, 2.24) is 0 Å². The highest BCUT2D eigenvalue weighted by Gasteiger charge is 2.62. The maximum absolute atomic E-state index is 13.6. The first-order valence-electron chi connectivity index (χ1n) is 14.3. The van der Waals surface area contributed by atoms with Crippen LogP contribution in [0.5, 0.6) is 0 Å². The molecule has 0 spiro atoms. The summed E-state index contributed by atoms with van der Waals surface area (Å²) in [4.78, 5) is 36.9. The molecular weight excluding hydrogens is 440 g/mol. The van der Waals surface area contributed by atoms with Crippen LogP contribution >= 0.6 is 0 Å². The molecule has 0 saturated heterocycles. The Labute approximate surface area is 212 Å².